The molecule has 2 rings (SSSR count). The summed E-state index contributed by atoms with van der Waals surface area (Å²) in [6.07, 6.45) is 0.454. The lowest BCUT2D eigenvalue weighted by atomic mass is 9.75. The Kier molecular flexibility index (Phi) is 5.38. The van der Waals surface area contributed by atoms with Crippen molar-refractivity contribution < 1.29 is 24.2 Å². The van der Waals surface area contributed by atoms with Crippen molar-refractivity contribution in [1.82, 2.24) is 5.32 Å². The second-order valence-corrected chi connectivity index (χ2v) is 5.74. The molecule has 1 aromatic carbocycles. The van der Waals surface area contributed by atoms with Crippen LogP contribution < -0.4 is 5.32 Å². The third kappa shape index (κ3) is 4.21. The van der Waals surface area contributed by atoms with Gasteiger partial charge in [-0.3, -0.25) is 0 Å². The number of carbonyl (C=O) groups is 2. The van der Waals surface area contributed by atoms with E-state index in [0.29, 0.717) is 26.1 Å². The number of carboxylic acid groups (broad SMARTS) is 1. The summed E-state index contributed by atoms with van der Waals surface area (Å²) < 4.78 is 10.4. The molecular weight excluding hydrogens is 286 g/mol. The van der Waals surface area contributed by atoms with E-state index in [1.165, 1.54) is 0 Å². The zero-order valence-corrected chi connectivity index (χ0v) is 12.6. The standard InChI is InChI=1S/C16H21NO5/c1-16(7-9-21-10-8-16)13(14(18)19)17-15(20)22-11-12-5-3-2-4-6-12/h2-6,13H,7-11H2,1H3,(H,17,20)(H,18,19). The van der Waals surface area contributed by atoms with E-state index in [9.17, 15) is 14.7 Å². The molecule has 22 heavy (non-hydrogen) atoms. The fraction of sp³-hybridized carbons (Fsp3) is 0.500. The zero-order chi connectivity index (χ0) is 16.0. The molecule has 2 N–H and O–H groups in total. The molecule has 1 unspecified atom stereocenters. The van der Waals surface area contributed by atoms with Gasteiger partial charge in [-0.1, -0.05) is 37.3 Å². The van der Waals surface area contributed by atoms with E-state index < -0.39 is 23.5 Å². The first kappa shape index (κ1) is 16.3. The summed E-state index contributed by atoms with van der Waals surface area (Å²) in [7, 11) is 0. The highest BCUT2D eigenvalue weighted by Crippen LogP contribution is 2.33. The molecule has 1 fully saturated rings. The highest BCUT2D eigenvalue weighted by atomic mass is 16.5. The number of nitrogens with one attached hydrogen (secondary N) is 1. The number of hydrogen-bond donors (Lipinski definition) is 2. The Morgan fingerprint density at radius 3 is 2.55 bits per heavy atom. The highest BCUT2D eigenvalue weighted by molar-refractivity contribution is 5.80. The lowest BCUT2D eigenvalue weighted by Crippen LogP contribution is -2.53. The third-order valence-electron chi connectivity index (χ3n) is 4.05. The van der Waals surface area contributed by atoms with Crippen LogP contribution in [0.25, 0.3) is 0 Å². The van der Waals surface area contributed by atoms with Gasteiger partial charge in [0.1, 0.15) is 12.6 Å². The van der Waals surface area contributed by atoms with Gasteiger partial charge >= 0.3 is 12.1 Å². The van der Waals surface area contributed by atoms with E-state index in [2.05, 4.69) is 5.32 Å². The highest BCUT2D eigenvalue weighted by Gasteiger charge is 2.41. The van der Waals surface area contributed by atoms with Gasteiger partial charge in [0, 0.05) is 18.6 Å². The van der Waals surface area contributed by atoms with Crippen LogP contribution in [0.4, 0.5) is 4.79 Å². The molecule has 0 bridgehead atoms. The molecule has 0 radical (unpaired) electrons. The molecule has 1 heterocycles. The van der Waals surface area contributed by atoms with Crippen molar-refractivity contribution >= 4 is 12.1 Å². The second-order valence-electron chi connectivity index (χ2n) is 5.74. The number of carbonyl (C=O) groups excluding carboxylic acids is 1. The monoisotopic (exact) mass is 307 g/mol. The van der Waals surface area contributed by atoms with Crippen molar-refractivity contribution in [1.29, 1.82) is 0 Å². The summed E-state index contributed by atoms with van der Waals surface area (Å²) in [5, 5.41) is 11.9. The molecule has 0 spiro atoms. The average molecular weight is 307 g/mol. The molecular formula is C16H21NO5. The van der Waals surface area contributed by atoms with Gasteiger partial charge in [0.2, 0.25) is 0 Å². The Morgan fingerprint density at radius 2 is 1.95 bits per heavy atom. The van der Waals surface area contributed by atoms with Crippen molar-refractivity contribution in [3.05, 3.63) is 35.9 Å². The number of alkyl carbamates (subject to hydrolysis) is 1. The Morgan fingerprint density at radius 1 is 1.32 bits per heavy atom. The van der Waals surface area contributed by atoms with E-state index in [1.807, 2.05) is 37.3 Å². The minimum atomic E-state index is -1.05. The maximum atomic E-state index is 11.9. The van der Waals surface area contributed by atoms with Gasteiger partial charge in [-0.05, 0) is 18.4 Å². The molecule has 120 valence electrons. The van der Waals surface area contributed by atoms with Crippen LogP contribution in [-0.4, -0.2) is 36.4 Å². The van der Waals surface area contributed by atoms with E-state index in [1.54, 1.807) is 0 Å². The summed E-state index contributed by atoms with van der Waals surface area (Å²) in [5.41, 5.74) is 0.317. The predicted octanol–water partition coefficient (Wildman–Crippen LogP) is 2.18. The quantitative estimate of drug-likeness (QED) is 0.871. The Balaban J connectivity index is 1.93. The summed E-state index contributed by atoms with van der Waals surface area (Å²) in [4.78, 5) is 23.4. The summed E-state index contributed by atoms with van der Waals surface area (Å²) in [6.45, 7) is 2.96. The molecule has 6 heteroatoms. The van der Waals surface area contributed by atoms with Crippen LogP contribution in [0.3, 0.4) is 0 Å². The zero-order valence-electron chi connectivity index (χ0n) is 12.6. The van der Waals surface area contributed by atoms with Crippen LogP contribution >= 0.6 is 0 Å². The van der Waals surface area contributed by atoms with Gasteiger partial charge in [0.05, 0.1) is 0 Å². The largest absolute Gasteiger partial charge is 0.480 e. The Hall–Kier alpha value is -2.08. The molecule has 1 atom stereocenters. The van der Waals surface area contributed by atoms with Gasteiger partial charge < -0.3 is 19.9 Å². The lowest BCUT2D eigenvalue weighted by molar-refractivity contribution is -0.144. The van der Waals surface area contributed by atoms with Gasteiger partial charge in [-0.2, -0.15) is 0 Å². The molecule has 0 aromatic heterocycles. The summed E-state index contributed by atoms with van der Waals surface area (Å²) in [5.74, 6) is -1.05. The van der Waals surface area contributed by atoms with Gasteiger partial charge in [0.15, 0.2) is 0 Å². The van der Waals surface area contributed by atoms with Crippen LogP contribution in [0.15, 0.2) is 30.3 Å². The number of ether oxygens (including phenoxy) is 2. The number of hydrogen-bond acceptors (Lipinski definition) is 4. The maximum absolute atomic E-state index is 11.9. The molecule has 1 amide bonds. The predicted molar refractivity (Wildman–Crippen MR) is 79.3 cm³/mol. The first-order chi connectivity index (χ1) is 10.5. The minimum Gasteiger partial charge on any atom is -0.480 e. The van der Waals surface area contributed by atoms with Crippen molar-refractivity contribution in [3.63, 3.8) is 0 Å². The lowest BCUT2D eigenvalue weighted by Gasteiger charge is -2.38. The molecule has 6 nitrogen and oxygen atoms in total. The second kappa shape index (κ2) is 7.26. The van der Waals surface area contributed by atoms with Gasteiger partial charge in [-0.15, -0.1) is 0 Å². The number of carboxylic acids is 1. The van der Waals surface area contributed by atoms with Crippen LogP contribution in [0.5, 0.6) is 0 Å². The maximum Gasteiger partial charge on any atom is 0.408 e. The first-order valence-corrected chi connectivity index (χ1v) is 7.29. The van der Waals surface area contributed by atoms with Crippen molar-refractivity contribution in [2.75, 3.05) is 13.2 Å². The SMILES string of the molecule is CC1(C(NC(=O)OCc2ccccc2)C(=O)O)CCOCC1. The van der Waals surface area contributed by atoms with E-state index in [-0.39, 0.29) is 6.61 Å². The van der Waals surface area contributed by atoms with Crippen molar-refractivity contribution in [3.8, 4) is 0 Å². The minimum absolute atomic E-state index is 0.110. The molecule has 1 aliphatic heterocycles. The number of amides is 1. The van der Waals surface area contributed by atoms with Crippen LogP contribution in [0.2, 0.25) is 0 Å². The smallest absolute Gasteiger partial charge is 0.408 e. The van der Waals surface area contributed by atoms with E-state index >= 15 is 0 Å². The third-order valence-corrected chi connectivity index (χ3v) is 4.05. The molecule has 0 saturated carbocycles. The number of benzene rings is 1. The number of aliphatic carboxylic acids is 1. The van der Waals surface area contributed by atoms with Crippen molar-refractivity contribution in [2.45, 2.75) is 32.4 Å². The van der Waals surface area contributed by atoms with E-state index in [4.69, 9.17) is 9.47 Å². The topological polar surface area (TPSA) is 84.9 Å². The van der Waals surface area contributed by atoms with Crippen LogP contribution in [0, 0.1) is 5.41 Å². The molecule has 1 saturated heterocycles. The fourth-order valence-corrected chi connectivity index (χ4v) is 2.54. The molecule has 1 aromatic rings. The van der Waals surface area contributed by atoms with Crippen LogP contribution in [-0.2, 0) is 20.9 Å². The van der Waals surface area contributed by atoms with E-state index in [0.717, 1.165) is 5.56 Å². The average Bonchev–Trinajstić information content (AvgIpc) is 2.52. The van der Waals surface area contributed by atoms with Gasteiger partial charge in [-0.25, -0.2) is 9.59 Å². The normalized spacial score (nSPS) is 18.2. The van der Waals surface area contributed by atoms with Crippen LogP contribution in [0.1, 0.15) is 25.3 Å². The summed E-state index contributed by atoms with van der Waals surface area (Å²) in [6, 6.07) is 8.25. The Bertz CT molecular complexity index is 511. The van der Waals surface area contributed by atoms with Crippen molar-refractivity contribution in [2.24, 2.45) is 5.41 Å². The van der Waals surface area contributed by atoms with Gasteiger partial charge in [0.25, 0.3) is 0 Å². The molecule has 1 aliphatic rings. The Labute approximate surface area is 129 Å². The molecule has 0 aliphatic carbocycles. The fourth-order valence-electron chi connectivity index (χ4n) is 2.54. The summed E-state index contributed by atoms with van der Waals surface area (Å²) >= 11 is 0. The first-order valence-electron chi connectivity index (χ1n) is 7.29. The number of rotatable bonds is 5.